The van der Waals surface area contributed by atoms with Crippen molar-refractivity contribution in [1.29, 1.82) is 0 Å². The third kappa shape index (κ3) is 2.00. The van der Waals surface area contributed by atoms with Gasteiger partial charge in [-0.25, -0.2) is 0 Å². The van der Waals surface area contributed by atoms with Crippen LogP contribution < -0.4 is 0 Å². The molecule has 6 unspecified atom stereocenters. The van der Waals surface area contributed by atoms with Gasteiger partial charge < -0.3 is 4.74 Å². The first-order chi connectivity index (χ1) is 11.5. The molecule has 0 saturated heterocycles. The summed E-state index contributed by atoms with van der Waals surface area (Å²) < 4.78 is 119. The molecule has 0 aromatic rings. The Morgan fingerprint density at radius 1 is 1.00 bits per heavy atom. The van der Waals surface area contributed by atoms with Crippen molar-refractivity contribution >= 4 is 5.97 Å². The van der Waals surface area contributed by atoms with E-state index in [1.54, 1.807) is 6.92 Å². The summed E-state index contributed by atoms with van der Waals surface area (Å²) in [4.78, 5) is 12.2. The SMILES string of the molecule is CC1C2CC3C1C3(C(=O)OCC(F)(F)C(F)(F)C(F)(F)C(F)(F)F)C2C. The molecule has 6 atom stereocenters. The second-order valence-electron chi connectivity index (χ2n) is 7.54. The fraction of sp³-hybridized carbons (Fsp3) is 0.933. The minimum absolute atomic E-state index is 0.110. The molecule has 4 bridgehead atoms. The van der Waals surface area contributed by atoms with Crippen LogP contribution in [0.4, 0.5) is 39.5 Å². The van der Waals surface area contributed by atoms with Crippen molar-refractivity contribution < 1.29 is 49.0 Å². The largest absolute Gasteiger partial charge is 0.460 e. The molecular weight excluding hydrogens is 383 g/mol. The molecule has 0 aromatic heterocycles. The highest BCUT2D eigenvalue weighted by Gasteiger charge is 2.85. The number of hydrogen-bond acceptors (Lipinski definition) is 2. The summed E-state index contributed by atoms with van der Waals surface area (Å²) in [5.74, 6) is -21.1. The maximum absolute atomic E-state index is 13.5. The van der Waals surface area contributed by atoms with Crippen LogP contribution in [0.1, 0.15) is 20.3 Å². The van der Waals surface area contributed by atoms with Gasteiger partial charge in [0.05, 0.1) is 5.41 Å². The molecule has 26 heavy (non-hydrogen) atoms. The lowest BCUT2D eigenvalue weighted by atomic mass is 9.90. The molecule has 11 heteroatoms. The third-order valence-corrected chi connectivity index (χ3v) is 6.60. The molecule has 4 fully saturated rings. The molecule has 0 radical (unpaired) electrons. The summed E-state index contributed by atoms with van der Waals surface area (Å²) >= 11 is 0. The van der Waals surface area contributed by atoms with E-state index in [1.165, 1.54) is 0 Å². The summed E-state index contributed by atoms with van der Waals surface area (Å²) in [5, 5.41) is 0. The molecule has 150 valence electrons. The molecule has 0 N–H and O–H groups in total. The van der Waals surface area contributed by atoms with Crippen molar-refractivity contribution in [2.45, 2.75) is 44.2 Å². The average molecular weight is 398 g/mol. The lowest BCUT2D eigenvalue weighted by Crippen LogP contribution is -2.62. The number of hydrogen-bond donors (Lipinski definition) is 0. The summed E-state index contributed by atoms with van der Waals surface area (Å²) in [6, 6.07) is 0. The Labute approximate surface area is 142 Å². The van der Waals surface area contributed by atoms with Crippen LogP contribution in [0.2, 0.25) is 0 Å². The Bertz CT molecular complexity index is 625. The van der Waals surface area contributed by atoms with Gasteiger partial charge in [-0.1, -0.05) is 13.8 Å². The van der Waals surface area contributed by atoms with E-state index < -0.39 is 41.9 Å². The predicted octanol–water partition coefficient (Wildman–Crippen LogP) is 4.54. The summed E-state index contributed by atoms with van der Waals surface area (Å²) in [7, 11) is 0. The molecule has 0 heterocycles. The molecule has 4 aliphatic rings. The van der Waals surface area contributed by atoms with Gasteiger partial charge in [0.2, 0.25) is 0 Å². The number of rotatable bonds is 5. The maximum atomic E-state index is 13.5. The third-order valence-electron chi connectivity index (χ3n) is 6.60. The minimum Gasteiger partial charge on any atom is -0.459 e. The van der Waals surface area contributed by atoms with Crippen molar-refractivity contribution in [2.75, 3.05) is 6.61 Å². The van der Waals surface area contributed by atoms with E-state index in [4.69, 9.17) is 0 Å². The smallest absolute Gasteiger partial charge is 0.459 e. The number of alkyl halides is 9. The van der Waals surface area contributed by atoms with E-state index in [0.29, 0.717) is 6.42 Å². The van der Waals surface area contributed by atoms with Crippen molar-refractivity contribution in [3.05, 3.63) is 0 Å². The van der Waals surface area contributed by atoms with E-state index in [0.717, 1.165) is 0 Å². The van der Waals surface area contributed by atoms with Gasteiger partial charge in [0, 0.05) is 0 Å². The zero-order valence-electron chi connectivity index (χ0n) is 13.5. The highest BCUT2D eigenvalue weighted by atomic mass is 19.4. The van der Waals surface area contributed by atoms with Crippen molar-refractivity contribution in [1.82, 2.24) is 0 Å². The van der Waals surface area contributed by atoms with Gasteiger partial charge in [-0.05, 0) is 36.0 Å². The highest BCUT2D eigenvalue weighted by Crippen LogP contribution is 2.83. The van der Waals surface area contributed by atoms with Gasteiger partial charge in [0.15, 0.2) is 6.61 Å². The molecule has 0 aromatic carbocycles. The number of ether oxygens (including phenoxy) is 1. The van der Waals surface area contributed by atoms with Crippen molar-refractivity contribution in [3.63, 3.8) is 0 Å². The highest BCUT2D eigenvalue weighted by molar-refractivity contribution is 5.84. The number of carbonyl (C=O) groups excluding carboxylic acids is 1. The second kappa shape index (κ2) is 5.01. The van der Waals surface area contributed by atoms with Gasteiger partial charge in [0.25, 0.3) is 0 Å². The molecule has 4 rings (SSSR count). The Morgan fingerprint density at radius 3 is 1.88 bits per heavy atom. The number of esters is 1. The van der Waals surface area contributed by atoms with Crippen molar-refractivity contribution in [3.8, 4) is 0 Å². The Kier molecular flexibility index (Phi) is 3.77. The quantitative estimate of drug-likeness (QED) is 0.502. The fourth-order valence-electron chi connectivity index (χ4n) is 5.34. The average Bonchev–Trinajstić information content (AvgIpc) is 2.79. The van der Waals surface area contributed by atoms with Crippen LogP contribution in [0.3, 0.4) is 0 Å². The first kappa shape index (κ1) is 19.6. The molecule has 0 amide bonds. The van der Waals surface area contributed by atoms with E-state index in [9.17, 15) is 44.3 Å². The van der Waals surface area contributed by atoms with Gasteiger partial charge in [-0.3, -0.25) is 4.79 Å². The van der Waals surface area contributed by atoms with E-state index in [2.05, 4.69) is 4.74 Å². The minimum atomic E-state index is -6.98. The van der Waals surface area contributed by atoms with Gasteiger partial charge in [-0.2, -0.15) is 39.5 Å². The fourth-order valence-corrected chi connectivity index (χ4v) is 5.34. The predicted molar refractivity (Wildman–Crippen MR) is 67.7 cm³/mol. The summed E-state index contributed by atoms with van der Waals surface area (Å²) in [6.45, 7) is 1.01. The van der Waals surface area contributed by atoms with Gasteiger partial charge >= 0.3 is 29.9 Å². The summed E-state index contributed by atoms with van der Waals surface area (Å²) in [5.41, 5.74) is -1.11. The van der Waals surface area contributed by atoms with Crippen LogP contribution in [-0.4, -0.2) is 36.5 Å². The molecule has 4 saturated carbocycles. The van der Waals surface area contributed by atoms with Crippen LogP contribution in [0.15, 0.2) is 0 Å². The van der Waals surface area contributed by atoms with Gasteiger partial charge in [-0.15, -0.1) is 0 Å². The van der Waals surface area contributed by atoms with Crippen LogP contribution in [0.5, 0.6) is 0 Å². The first-order valence-electron chi connectivity index (χ1n) is 7.92. The first-order valence-corrected chi connectivity index (χ1v) is 7.92. The second-order valence-corrected chi connectivity index (χ2v) is 7.54. The van der Waals surface area contributed by atoms with Crippen LogP contribution in [-0.2, 0) is 9.53 Å². The molecule has 4 aliphatic carbocycles. The zero-order valence-corrected chi connectivity index (χ0v) is 13.5. The molecular formula is C15H15F9O2. The summed E-state index contributed by atoms with van der Waals surface area (Å²) in [6.07, 6.45) is -6.23. The van der Waals surface area contributed by atoms with Crippen LogP contribution >= 0.6 is 0 Å². The molecule has 0 aliphatic heterocycles. The number of carbonyl (C=O) groups is 1. The van der Waals surface area contributed by atoms with Crippen LogP contribution in [0, 0.1) is 35.0 Å². The standard InChI is InChI=1S/C15H15F9O2/c1-5-7-3-8-9(5)12(8,6(7)2)10(25)26-4-11(16,17)13(18,19)14(20,21)15(22,23)24/h5-9H,3-4H2,1-2H3. The van der Waals surface area contributed by atoms with Gasteiger partial charge in [0.1, 0.15) is 0 Å². The Morgan fingerprint density at radius 2 is 1.54 bits per heavy atom. The maximum Gasteiger partial charge on any atom is 0.460 e. The monoisotopic (exact) mass is 398 g/mol. The van der Waals surface area contributed by atoms with Crippen molar-refractivity contribution in [2.24, 2.45) is 35.0 Å². The van der Waals surface area contributed by atoms with Crippen LogP contribution in [0.25, 0.3) is 0 Å². The normalized spacial score (nSPS) is 39.3. The molecule has 2 nitrogen and oxygen atoms in total. The lowest BCUT2D eigenvalue weighted by molar-refractivity contribution is -0.399. The van der Waals surface area contributed by atoms with E-state index in [1.807, 2.05) is 6.92 Å². The molecule has 0 spiro atoms. The topological polar surface area (TPSA) is 26.3 Å². The number of halogens is 9. The van der Waals surface area contributed by atoms with E-state index >= 15 is 0 Å². The Hall–Kier alpha value is -1.16. The lowest BCUT2D eigenvalue weighted by Gasteiger charge is -2.33. The zero-order chi connectivity index (χ0) is 20.1. The van der Waals surface area contributed by atoms with E-state index in [-0.39, 0.29) is 29.6 Å². The Balaban J connectivity index is 1.73.